The highest BCUT2D eigenvalue weighted by molar-refractivity contribution is 7.14. The maximum atomic E-state index is 4.56. The summed E-state index contributed by atoms with van der Waals surface area (Å²) in [5.41, 5.74) is 10.0. The van der Waals surface area contributed by atoms with Crippen LogP contribution in [0.25, 0.3) is 11.3 Å². The van der Waals surface area contributed by atoms with E-state index in [1.807, 2.05) is 29.8 Å². The Morgan fingerprint density at radius 1 is 1.04 bits per heavy atom. The predicted octanol–water partition coefficient (Wildman–Crippen LogP) is 5.18. The molecule has 0 aliphatic carbocycles. The molecule has 0 fully saturated rings. The summed E-state index contributed by atoms with van der Waals surface area (Å²) in [4.78, 5) is 4.56. The first kappa shape index (κ1) is 15.4. The summed E-state index contributed by atoms with van der Waals surface area (Å²) in [5, 5.41) is 7.17. The van der Waals surface area contributed by atoms with Crippen molar-refractivity contribution in [3.05, 3.63) is 70.1 Å². The van der Waals surface area contributed by atoms with E-state index in [0.29, 0.717) is 0 Å². The molecule has 0 aliphatic rings. The van der Waals surface area contributed by atoms with E-state index in [1.54, 1.807) is 11.3 Å². The van der Waals surface area contributed by atoms with Crippen molar-refractivity contribution in [1.82, 2.24) is 4.98 Å². The minimum Gasteiger partial charge on any atom is -0.253 e. The third-order valence-electron chi connectivity index (χ3n) is 3.67. The minimum absolute atomic E-state index is 0.794. The Morgan fingerprint density at radius 2 is 1.74 bits per heavy atom. The van der Waals surface area contributed by atoms with E-state index in [4.69, 9.17) is 0 Å². The Bertz CT molecular complexity index is 812. The fourth-order valence-electron chi connectivity index (χ4n) is 2.61. The lowest BCUT2D eigenvalue weighted by molar-refractivity contribution is 1.27. The monoisotopic (exact) mass is 321 g/mol. The molecule has 1 N–H and O–H groups in total. The lowest BCUT2D eigenvalue weighted by Gasteiger charge is -2.06. The number of anilines is 1. The van der Waals surface area contributed by atoms with Gasteiger partial charge in [-0.3, -0.25) is 5.43 Å². The summed E-state index contributed by atoms with van der Waals surface area (Å²) in [6.45, 7) is 6.33. The molecule has 3 rings (SSSR count). The topological polar surface area (TPSA) is 37.3 Å². The highest BCUT2D eigenvalue weighted by Gasteiger charge is 2.04. The minimum atomic E-state index is 0.794. The van der Waals surface area contributed by atoms with Crippen molar-refractivity contribution in [2.45, 2.75) is 20.8 Å². The van der Waals surface area contributed by atoms with Crippen LogP contribution in [-0.2, 0) is 0 Å². The number of aromatic nitrogens is 1. The van der Waals surface area contributed by atoms with Gasteiger partial charge in [0.25, 0.3) is 0 Å². The quantitative estimate of drug-likeness (QED) is 0.531. The predicted molar refractivity (Wildman–Crippen MR) is 99.4 cm³/mol. The number of hydrogen-bond acceptors (Lipinski definition) is 4. The molecule has 1 aromatic heterocycles. The molecule has 0 aliphatic heterocycles. The SMILES string of the molecule is Cc1cc(C)c(C=NNc2nc(-c3ccccc3)cs2)c(C)c1. The number of benzene rings is 2. The summed E-state index contributed by atoms with van der Waals surface area (Å²) in [7, 11) is 0. The van der Waals surface area contributed by atoms with Gasteiger partial charge in [-0.05, 0) is 31.9 Å². The average molecular weight is 321 g/mol. The molecular weight excluding hydrogens is 302 g/mol. The second-order valence-corrected chi connectivity index (χ2v) is 6.44. The van der Waals surface area contributed by atoms with Crippen LogP contribution >= 0.6 is 11.3 Å². The van der Waals surface area contributed by atoms with Crippen LogP contribution in [0.1, 0.15) is 22.3 Å². The van der Waals surface area contributed by atoms with Crippen LogP contribution in [0, 0.1) is 20.8 Å². The van der Waals surface area contributed by atoms with E-state index in [1.165, 1.54) is 16.7 Å². The lowest BCUT2D eigenvalue weighted by Crippen LogP contribution is -1.96. The normalized spacial score (nSPS) is 11.1. The van der Waals surface area contributed by atoms with E-state index >= 15 is 0 Å². The molecule has 0 spiro atoms. The molecule has 0 amide bonds. The number of hydrogen-bond donors (Lipinski definition) is 1. The zero-order chi connectivity index (χ0) is 16.2. The molecule has 0 unspecified atom stereocenters. The summed E-state index contributed by atoms with van der Waals surface area (Å²) in [5.74, 6) is 0. The standard InChI is InChI=1S/C19H19N3S/c1-13-9-14(2)17(15(3)10-13)11-20-22-19-21-18(12-23-19)16-7-5-4-6-8-16/h4-12H,1-3H3,(H,21,22). The van der Waals surface area contributed by atoms with Crippen molar-refractivity contribution >= 4 is 22.7 Å². The first-order chi connectivity index (χ1) is 11.1. The van der Waals surface area contributed by atoms with E-state index in [9.17, 15) is 0 Å². The van der Waals surface area contributed by atoms with Crippen molar-refractivity contribution < 1.29 is 0 Å². The molecule has 3 nitrogen and oxygen atoms in total. The third-order valence-corrected chi connectivity index (χ3v) is 4.41. The first-order valence-corrected chi connectivity index (χ1v) is 8.39. The number of thiazole rings is 1. The van der Waals surface area contributed by atoms with Crippen LogP contribution in [0.2, 0.25) is 0 Å². The fraction of sp³-hybridized carbons (Fsp3) is 0.158. The van der Waals surface area contributed by atoms with Crippen LogP contribution in [0.3, 0.4) is 0 Å². The van der Waals surface area contributed by atoms with Gasteiger partial charge in [-0.15, -0.1) is 11.3 Å². The molecule has 0 saturated heterocycles. The Hall–Kier alpha value is -2.46. The highest BCUT2D eigenvalue weighted by Crippen LogP contribution is 2.24. The second-order valence-electron chi connectivity index (χ2n) is 5.59. The van der Waals surface area contributed by atoms with E-state index in [0.717, 1.165) is 22.0 Å². The Kier molecular flexibility index (Phi) is 4.53. The van der Waals surface area contributed by atoms with Crippen molar-refractivity contribution in [3.63, 3.8) is 0 Å². The molecule has 0 saturated carbocycles. The number of rotatable bonds is 4. The van der Waals surface area contributed by atoms with Gasteiger partial charge in [-0.2, -0.15) is 5.10 Å². The van der Waals surface area contributed by atoms with Crippen molar-refractivity contribution in [1.29, 1.82) is 0 Å². The van der Waals surface area contributed by atoms with Crippen molar-refractivity contribution in [3.8, 4) is 11.3 Å². The van der Waals surface area contributed by atoms with Gasteiger partial charge in [0.15, 0.2) is 0 Å². The molecule has 0 atom stereocenters. The van der Waals surface area contributed by atoms with Crippen molar-refractivity contribution in [2.24, 2.45) is 5.10 Å². The number of nitrogens with zero attached hydrogens (tertiary/aromatic N) is 2. The van der Waals surface area contributed by atoms with Gasteiger partial charge in [0.2, 0.25) is 5.13 Å². The molecule has 0 bridgehead atoms. The molecule has 1 heterocycles. The molecule has 3 aromatic rings. The van der Waals surface area contributed by atoms with E-state index in [-0.39, 0.29) is 0 Å². The maximum absolute atomic E-state index is 4.56. The summed E-state index contributed by atoms with van der Waals surface area (Å²) < 4.78 is 0. The van der Waals surface area contributed by atoms with Gasteiger partial charge < -0.3 is 0 Å². The highest BCUT2D eigenvalue weighted by atomic mass is 32.1. The Balaban J connectivity index is 1.73. The maximum Gasteiger partial charge on any atom is 0.203 e. The van der Waals surface area contributed by atoms with Gasteiger partial charge in [-0.1, -0.05) is 48.0 Å². The molecule has 0 radical (unpaired) electrons. The largest absolute Gasteiger partial charge is 0.253 e. The number of nitrogens with one attached hydrogen (secondary N) is 1. The van der Waals surface area contributed by atoms with Crippen molar-refractivity contribution in [2.75, 3.05) is 5.43 Å². The second kappa shape index (κ2) is 6.75. The average Bonchev–Trinajstić information content (AvgIpc) is 2.99. The third kappa shape index (κ3) is 3.66. The molecule has 116 valence electrons. The van der Waals surface area contributed by atoms with E-state index < -0.39 is 0 Å². The fourth-order valence-corrected chi connectivity index (χ4v) is 3.28. The zero-order valence-electron chi connectivity index (χ0n) is 13.5. The van der Waals surface area contributed by atoms with E-state index in [2.05, 4.69) is 60.5 Å². The number of hydrazone groups is 1. The Labute approximate surface area is 140 Å². The van der Waals surface area contributed by atoms with Gasteiger partial charge in [0.1, 0.15) is 0 Å². The zero-order valence-corrected chi connectivity index (χ0v) is 14.3. The smallest absolute Gasteiger partial charge is 0.203 e. The summed E-state index contributed by atoms with van der Waals surface area (Å²) in [6.07, 6.45) is 1.87. The van der Waals surface area contributed by atoms with Crippen LogP contribution in [-0.4, -0.2) is 11.2 Å². The Morgan fingerprint density at radius 3 is 2.43 bits per heavy atom. The summed E-state index contributed by atoms with van der Waals surface area (Å²) in [6, 6.07) is 14.5. The molecular formula is C19H19N3S. The van der Waals surface area contributed by atoms with Crippen LogP contribution in [0.5, 0.6) is 0 Å². The molecule has 2 aromatic carbocycles. The molecule has 23 heavy (non-hydrogen) atoms. The van der Waals surface area contributed by atoms with Gasteiger partial charge in [0, 0.05) is 16.5 Å². The molecule has 4 heteroatoms. The van der Waals surface area contributed by atoms with Gasteiger partial charge >= 0.3 is 0 Å². The van der Waals surface area contributed by atoms with Crippen LogP contribution in [0.4, 0.5) is 5.13 Å². The number of aryl methyl sites for hydroxylation is 3. The first-order valence-electron chi connectivity index (χ1n) is 7.51. The van der Waals surface area contributed by atoms with Gasteiger partial charge in [-0.25, -0.2) is 4.98 Å². The van der Waals surface area contributed by atoms with Gasteiger partial charge in [0.05, 0.1) is 11.9 Å². The van der Waals surface area contributed by atoms with Crippen LogP contribution in [0.15, 0.2) is 52.9 Å². The lowest BCUT2D eigenvalue weighted by atomic mass is 10.0. The van der Waals surface area contributed by atoms with Crippen LogP contribution < -0.4 is 5.43 Å². The summed E-state index contributed by atoms with van der Waals surface area (Å²) >= 11 is 1.55.